The fourth-order valence-corrected chi connectivity index (χ4v) is 3.92. The lowest BCUT2D eigenvalue weighted by Gasteiger charge is -2.28. The zero-order valence-electron chi connectivity index (χ0n) is 18.4. The van der Waals surface area contributed by atoms with E-state index in [9.17, 15) is 24.8 Å². The van der Waals surface area contributed by atoms with Gasteiger partial charge in [0, 0.05) is 30.8 Å². The third kappa shape index (κ3) is 4.55. The molecule has 1 atom stereocenters. The maximum Gasteiger partial charge on any atom is 0.295 e. The minimum absolute atomic E-state index is 0.0566. The number of Topliss-reactive ketones (excluding diaryl/α,β-unsaturated/α-hetero) is 1. The van der Waals surface area contributed by atoms with E-state index in [1.54, 1.807) is 30.3 Å². The predicted molar refractivity (Wildman–Crippen MR) is 121 cm³/mol. The van der Waals surface area contributed by atoms with Gasteiger partial charge in [0.15, 0.2) is 0 Å². The van der Waals surface area contributed by atoms with E-state index in [2.05, 4.69) is 4.90 Å². The number of carbonyl (C=O) groups is 2. The summed E-state index contributed by atoms with van der Waals surface area (Å²) >= 11 is 0. The highest BCUT2D eigenvalue weighted by Crippen LogP contribution is 2.40. The van der Waals surface area contributed by atoms with E-state index < -0.39 is 22.7 Å². The number of aliphatic hydroxyl groups is 1. The summed E-state index contributed by atoms with van der Waals surface area (Å²) in [5.74, 6) is -1.80. The van der Waals surface area contributed by atoms with Crippen molar-refractivity contribution >= 4 is 23.1 Å². The number of hydrogen-bond acceptors (Lipinski definition) is 6. The molecule has 1 N–H and O–H groups in total. The molecule has 1 unspecified atom stereocenters. The number of likely N-dealkylation sites (N-methyl/N-ethyl adjacent to an activating group) is 1. The number of likely N-dealkylation sites (tertiary alicyclic amines) is 1. The van der Waals surface area contributed by atoms with Crippen LogP contribution in [0, 0.1) is 17.0 Å². The molecule has 0 spiro atoms. The number of nitro benzene ring substituents is 1. The van der Waals surface area contributed by atoms with Crippen molar-refractivity contribution in [3.8, 4) is 0 Å². The van der Waals surface area contributed by atoms with Gasteiger partial charge in [-0.2, -0.15) is 0 Å². The first-order chi connectivity index (χ1) is 15.3. The first-order valence-electron chi connectivity index (χ1n) is 10.6. The van der Waals surface area contributed by atoms with E-state index in [0.717, 1.165) is 18.7 Å². The van der Waals surface area contributed by atoms with Gasteiger partial charge in [-0.1, -0.05) is 55.8 Å². The SMILES string of the molecule is CCN(CC)CCN1C(=O)C(=O)/C(=C(\O)c2ccc(C)cc2)C1c1cccc([N+](=O)[O-])c1. The predicted octanol–water partition coefficient (Wildman–Crippen LogP) is 3.67. The van der Waals surface area contributed by atoms with Crippen molar-refractivity contribution in [3.63, 3.8) is 0 Å². The molecule has 1 saturated heterocycles. The number of non-ortho nitro benzene ring substituents is 1. The second-order valence-corrected chi connectivity index (χ2v) is 7.74. The van der Waals surface area contributed by atoms with Gasteiger partial charge in [0.25, 0.3) is 17.4 Å². The standard InChI is InChI=1S/C24H27N3O5/c1-4-25(5-2)13-14-26-21(18-7-6-8-19(15-18)27(31)32)20(23(29)24(26)30)22(28)17-11-9-16(3)10-12-17/h6-12,15,21,28H,4-5,13-14H2,1-3H3/b22-20-. The number of carbonyl (C=O) groups excluding carboxylic acids is 2. The van der Waals surface area contributed by atoms with Crippen molar-refractivity contribution in [1.82, 2.24) is 9.80 Å². The Morgan fingerprint density at radius 3 is 2.38 bits per heavy atom. The summed E-state index contributed by atoms with van der Waals surface area (Å²) in [5.41, 5.74) is 1.60. The van der Waals surface area contributed by atoms with Crippen molar-refractivity contribution in [3.05, 3.63) is 80.9 Å². The Morgan fingerprint density at radius 2 is 1.78 bits per heavy atom. The minimum Gasteiger partial charge on any atom is -0.507 e. The Bertz CT molecular complexity index is 1060. The van der Waals surface area contributed by atoms with Crippen molar-refractivity contribution in [2.24, 2.45) is 0 Å². The number of nitro groups is 1. The first kappa shape index (κ1) is 23.1. The molecule has 32 heavy (non-hydrogen) atoms. The van der Waals surface area contributed by atoms with Gasteiger partial charge < -0.3 is 14.9 Å². The maximum atomic E-state index is 13.0. The molecule has 1 aliphatic heterocycles. The average molecular weight is 437 g/mol. The second-order valence-electron chi connectivity index (χ2n) is 7.74. The number of hydrogen-bond donors (Lipinski definition) is 1. The average Bonchev–Trinajstić information content (AvgIpc) is 3.04. The topological polar surface area (TPSA) is 104 Å². The van der Waals surface area contributed by atoms with Gasteiger partial charge in [0.2, 0.25) is 0 Å². The van der Waals surface area contributed by atoms with Crippen LogP contribution in [0.5, 0.6) is 0 Å². The van der Waals surface area contributed by atoms with E-state index >= 15 is 0 Å². The highest BCUT2D eigenvalue weighted by atomic mass is 16.6. The minimum atomic E-state index is -0.910. The van der Waals surface area contributed by atoms with Gasteiger partial charge in [0.05, 0.1) is 16.5 Å². The molecule has 8 nitrogen and oxygen atoms in total. The van der Waals surface area contributed by atoms with Gasteiger partial charge in [-0.05, 0) is 25.6 Å². The van der Waals surface area contributed by atoms with Gasteiger partial charge in [-0.15, -0.1) is 0 Å². The lowest BCUT2D eigenvalue weighted by Crippen LogP contribution is -2.38. The Morgan fingerprint density at radius 1 is 1.12 bits per heavy atom. The van der Waals surface area contributed by atoms with Gasteiger partial charge in [-0.3, -0.25) is 19.7 Å². The van der Waals surface area contributed by atoms with Crippen LogP contribution in [0.15, 0.2) is 54.1 Å². The summed E-state index contributed by atoms with van der Waals surface area (Å²) in [6.07, 6.45) is 0. The zero-order valence-corrected chi connectivity index (χ0v) is 18.4. The molecule has 1 aliphatic rings. The number of rotatable bonds is 8. The summed E-state index contributed by atoms with van der Waals surface area (Å²) < 4.78 is 0. The summed E-state index contributed by atoms with van der Waals surface area (Å²) in [7, 11) is 0. The van der Waals surface area contributed by atoms with E-state index in [1.807, 2.05) is 20.8 Å². The second kappa shape index (κ2) is 9.74. The van der Waals surface area contributed by atoms with Crippen LogP contribution in [0.2, 0.25) is 0 Å². The van der Waals surface area contributed by atoms with E-state index in [-0.39, 0.29) is 23.6 Å². The molecule has 0 radical (unpaired) electrons. The molecule has 2 aromatic carbocycles. The molecule has 0 bridgehead atoms. The van der Waals surface area contributed by atoms with Crippen LogP contribution in [0.3, 0.4) is 0 Å². The Kier molecular flexibility index (Phi) is 7.05. The van der Waals surface area contributed by atoms with E-state index in [1.165, 1.54) is 23.1 Å². The molecular weight excluding hydrogens is 410 g/mol. The number of amides is 1. The summed E-state index contributed by atoms with van der Waals surface area (Å²) in [4.78, 5) is 40.3. The smallest absolute Gasteiger partial charge is 0.295 e. The van der Waals surface area contributed by atoms with Crippen molar-refractivity contribution in [2.45, 2.75) is 26.8 Å². The van der Waals surface area contributed by atoms with Crippen LogP contribution in [-0.4, -0.2) is 57.7 Å². The molecule has 0 aromatic heterocycles. The van der Waals surface area contributed by atoms with Crippen molar-refractivity contribution < 1.29 is 19.6 Å². The Balaban J connectivity index is 2.13. The van der Waals surface area contributed by atoms with Crippen LogP contribution in [0.1, 0.15) is 36.6 Å². The van der Waals surface area contributed by atoms with Gasteiger partial charge >= 0.3 is 0 Å². The molecule has 168 valence electrons. The number of ketones is 1. The van der Waals surface area contributed by atoms with Crippen LogP contribution >= 0.6 is 0 Å². The molecule has 1 fully saturated rings. The van der Waals surface area contributed by atoms with Gasteiger partial charge in [0.1, 0.15) is 5.76 Å². The van der Waals surface area contributed by atoms with E-state index in [0.29, 0.717) is 17.7 Å². The third-order valence-electron chi connectivity index (χ3n) is 5.81. The summed E-state index contributed by atoms with van der Waals surface area (Å²) in [6.45, 7) is 8.27. The van der Waals surface area contributed by atoms with Crippen molar-refractivity contribution in [1.29, 1.82) is 0 Å². The van der Waals surface area contributed by atoms with Crippen LogP contribution in [-0.2, 0) is 9.59 Å². The monoisotopic (exact) mass is 437 g/mol. The normalized spacial score (nSPS) is 17.9. The van der Waals surface area contributed by atoms with Crippen LogP contribution in [0.25, 0.3) is 5.76 Å². The Labute approximate surface area is 186 Å². The molecule has 1 heterocycles. The first-order valence-corrected chi connectivity index (χ1v) is 10.6. The lowest BCUT2D eigenvalue weighted by molar-refractivity contribution is -0.384. The maximum absolute atomic E-state index is 13.0. The zero-order chi connectivity index (χ0) is 23.4. The van der Waals surface area contributed by atoms with E-state index in [4.69, 9.17) is 0 Å². The third-order valence-corrected chi connectivity index (χ3v) is 5.81. The lowest BCUT2D eigenvalue weighted by atomic mass is 9.94. The largest absolute Gasteiger partial charge is 0.507 e. The quantitative estimate of drug-likeness (QED) is 0.222. The summed E-state index contributed by atoms with van der Waals surface area (Å²) in [6, 6.07) is 11.9. The molecule has 2 aromatic rings. The number of benzene rings is 2. The number of nitrogens with zero attached hydrogens (tertiary/aromatic N) is 3. The summed E-state index contributed by atoms with van der Waals surface area (Å²) in [5, 5.41) is 22.4. The molecule has 0 aliphatic carbocycles. The number of aliphatic hydroxyl groups excluding tert-OH is 1. The highest BCUT2D eigenvalue weighted by Gasteiger charge is 2.46. The molecule has 1 amide bonds. The fraction of sp³-hybridized carbons (Fsp3) is 0.333. The molecule has 8 heteroatoms. The van der Waals surface area contributed by atoms with Gasteiger partial charge in [-0.25, -0.2) is 0 Å². The molecular formula is C24H27N3O5. The molecule has 3 rings (SSSR count). The number of aryl methyl sites for hydroxylation is 1. The fourth-order valence-electron chi connectivity index (χ4n) is 3.92. The highest BCUT2D eigenvalue weighted by molar-refractivity contribution is 6.46. The van der Waals surface area contributed by atoms with Crippen molar-refractivity contribution in [2.75, 3.05) is 26.2 Å². The van der Waals surface area contributed by atoms with Crippen LogP contribution in [0.4, 0.5) is 5.69 Å². The van der Waals surface area contributed by atoms with Crippen LogP contribution < -0.4 is 0 Å². The molecule has 0 saturated carbocycles. The Hall–Kier alpha value is -3.52.